The smallest absolute Gasteiger partial charge is 0.226 e. The maximum atomic E-state index is 10.4. The van der Waals surface area contributed by atoms with Gasteiger partial charge in [-0.2, -0.15) is 11.8 Å². The number of guanidine groups is 1. The Morgan fingerprint density at radius 3 is 2.85 bits per heavy atom. The van der Waals surface area contributed by atoms with Crippen molar-refractivity contribution >= 4 is 41.7 Å². The lowest BCUT2D eigenvalue weighted by atomic mass is 10.0. The second-order valence-electron chi connectivity index (χ2n) is 6.09. The van der Waals surface area contributed by atoms with Gasteiger partial charge in [0, 0.05) is 24.4 Å². The molecule has 0 bridgehead atoms. The predicted octanol–water partition coefficient (Wildman–Crippen LogP) is 2.88. The quantitative estimate of drug-likeness (QED) is 0.330. The summed E-state index contributed by atoms with van der Waals surface area (Å²) in [6.45, 7) is 3.69. The van der Waals surface area contributed by atoms with E-state index in [1.165, 1.54) is 0 Å². The molecule has 1 aliphatic heterocycles. The Morgan fingerprint density at radius 1 is 1.35 bits per heavy atom. The zero-order valence-corrected chi connectivity index (χ0v) is 17.9. The molecule has 1 saturated heterocycles. The standard InChI is InChI=1S/C18H24N4O2S.HI/c1-2-19-17(21-12-18(23)8-9-25-13-18)20-10-15-11-24-16(22-15)14-6-4-3-5-7-14;/h3-7,11,23H,2,8-10,12-13H2,1H3,(H2,19,20,21);1H. The van der Waals surface area contributed by atoms with E-state index in [4.69, 9.17) is 4.42 Å². The number of hydrogen-bond acceptors (Lipinski definition) is 5. The van der Waals surface area contributed by atoms with Crippen molar-refractivity contribution in [3.63, 3.8) is 0 Å². The number of hydrogen-bond donors (Lipinski definition) is 3. The molecule has 1 fully saturated rings. The molecule has 0 spiro atoms. The second-order valence-corrected chi connectivity index (χ2v) is 7.19. The van der Waals surface area contributed by atoms with Gasteiger partial charge in [-0.05, 0) is 31.2 Å². The highest BCUT2D eigenvalue weighted by atomic mass is 127. The van der Waals surface area contributed by atoms with Crippen LogP contribution in [0.15, 0.2) is 46.0 Å². The average Bonchev–Trinajstić information content (AvgIpc) is 3.28. The highest BCUT2D eigenvalue weighted by Crippen LogP contribution is 2.26. The first-order valence-corrected chi connectivity index (χ1v) is 9.66. The zero-order valence-electron chi connectivity index (χ0n) is 14.8. The van der Waals surface area contributed by atoms with Crippen LogP contribution in [0.2, 0.25) is 0 Å². The molecule has 6 nitrogen and oxygen atoms in total. The minimum atomic E-state index is -0.644. The van der Waals surface area contributed by atoms with Crippen LogP contribution in [0.1, 0.15) is 19.0 Å². The minimum Gasteiger partial charge on any atom is -0.444 e. The molecular weight excluding hydrogens is 463 g/mol. The summed E-state index contributed by atoms with van der Waals surface area (Å²) >= 11 is 1.78. The van der Waals surface area contributed by atoms with Gasteiger partial charge in [0.2, 0.25) is 5.89 Å². The lowest BCUT2D eigenvalue weighted by molar-refractivity contribution is 0.0724. The van der Waals surface area contributed by atoms with Gasteiger partial charge < -0.3 is 20.2 Å². The van der Waals surface area contributed by atoms with Gasteiger partial charge in [0.1, 0.15) is 12.0 Å². The van der Waals surface area contributed by atoms with Gasteiger partial charge in [-0.25, -0.2) is 9.98 Å². The topological polar surface area (TPSA) is 82.7 Å². The summed E-state index contributed by atoms with van der Waals surface area (Å²) in [5.41, 5.74) is 1.07. The van der Waals surface area contributed by atoms with E-state index in [-0.39, 0.29) is 24.0 Å². The van der Waals surface area contributed by atoms with Crippen molar-refractivity contribution in [1.29, 1.82) is 0 Å². The molecule has 1 aromatic carbocycles. The number of nitrogens with one attached hydrogen (secondary N) is 2. The Bertz CT molecular complexity index is 702. The van der Waals surface area contributed by atoms with E-state index >= 15 is 0 Å². The third-order valence-electron chi connectivity index (χ3n) is 3.98. The van der Waals surface area contributed by atoms with E-state index in [0.29, 0.717) is 24.9 Å². The second kappa shape index (κ2) is 10.2. The lowest BCUT2D eigenvalue weighted by Crippen LogP contribution is -2.47. The van der Waals surface area contributed by atoms with Crippen LogP contribution in [0.25, 0.3) is 11.5 Å². The van der Waals surface area contributed by atoms with Gasteiger partial charge in [0.25, 0.3) is 0 Å². The van der Waals surface area contributed by atoms with Gasteiger partial charge >= 0.3 is 0 Å². The van der Waals surface area contributed by atoms with Crippen LogP contribution in [0.3, 0.4) is 0 Å². The van der Waals surface area contributed by atoms with Crippen molar-refractivity contribution < 1.29 is 9.52 Å². The van der Waals surface area contributed by atoms with E-state index in [0.717, 1.165) is 35.7 Å². The average molecular weight is 488 g/mol. The highest BCUT2D eigenvalue weighted by molar-refractivity contribution is 14.0. The Labute approximate surface area is 175 Å². The Kier molecular flexibility index (Phi) is 8.23. The summed E-state index contributed by atoms with van der Waals surface area (Å²) in [6.07, 6.45) is 2.45. The van der Waals surface area contributed by atoms with E-state index < -0.39 is 5.60 Å². The summed E-state index contributed by atoms with van der Waals surface area (Å²) in [5, 5.41) is 16.9. The molecule has 1 unspecified atom stereocenters. The number of benzene rings is 1. The molecule has 2 aromatic rings. The largest absolute Gasteiger partial charge is 0.444 e. The normalized spacial score (nSPS) is 19.8. The van der Waals surface area contributed by atoms with Crippen LogP contribution >= 0.6 is 35.7 Å². The molecule has 1 atom stereocenters. The molecule has 0 radical (unpaired) electrons. The molecule has 8 heteroatoms. The van der Waals surface area contributed by atoms with E-state index in [1.807, 2.05) is 37.3 Å². The van der Waals surface area contributed by atoms with Gasteiger partial charge in [0.15, 0.2) is 5.96 Å². The van der Waals surface area contributed by atoms with Gasteiger partial charge in [-0.1, -0.05) is 18.2 Å². The molecule has 3 rings (SSSR count). The van der Waals surface area contributed by atoms with Crippen LogP contribution in [-0.4, -0.2) is 46.2 Å². The maximum Gasteiger partial charge on any atom is 0.226 e. The van der Waals surface area contributed by atoms with Crippen molar-refractivity contribution in [2.24, 2.45) is 4.99 Å². The number of rotatable bonds is 6. The first-order valence-electron chi connectivity index (χ1n) is 8.51. The van der Waals surface area contributed by atoms with Gasteiger partial charge in [0.05, 0.1) is 12.1 Å². The fraction of sp³-hybridized carbons (Fsp3) is 0.444. The lowest BCUT2D eigenvalue weighted by Gasteiger charge is -2.23. The number of oxazole rings is 1. The number of nitrogens with zero attached hydrogens (tertiary/aromatic N) is 2. The Hall–Kier alpha value is -1.26. The molecule has 142 valence electrons. The molecule has 1 aliphatic rings. The predicted molar refractivity (Wildman–Crippen MR) is 117 cm³/mol. The number of thioether (sulfide) groups is 1. The number of aromatic nitrogens is 1. The zero-order chi connectivity index (χ0) is 17.5. The maximum absolute atomic E-state index is 10.4. The molecule has 0 aliphatic carbocycles. The fourth-order valence-corrected chi connectivity index (χ4v) is 3.87. The molecule has 3 N–H and O–H groups in total. The third-order valence-corrected chi connectivity index (χ3v) is 5.22. The summed E-state index contributed by atoms with van der Waals surface area (Å²) in [7, 11) is 0. The van der Waals surface area contributed by atoms with E-state index in [1.54, 1.807) is 18.0 Å². The molecule has 26 heavy (non-hydrogen) atoms. The van der Waals surface area contributed by atoms with Crippen molar-refractivity contribution in [2.75, 3.05) is 24.6 Å². The highest BCUT2D eigenvalue weighted by Gasteiger charge is 2.31. The van der Waals surface area contributed by atoms with Crippen LogP contribution in [0, 0.1) is 0 Å². The monoisotopic (exact) mass is 488 g/mol. The summed E-state index contributed by atoms with van der Waals surface area (Å²) in [6, 6.07) is 9.80. The van der Waals surface area contributed by atoms with Gasteiger partial charge in [-0.3, -0.25) is 0 Å². The van der Waals surface area contributed by atoms with Gasteiger partial charge in [-0.15, -0.1) is 24.0 Å². The Balaban J connectivity index is 0.00000243. The van der Waals surface area contributed by atoms with Crippen molar-refractivity contribution in [3.05, 3.63) is 42.3 Å². The van der Waals surface area contributed by atoms with Crippen molar-refractivity contribution in [2.45, 2.75) is 25.5 Å². The number of halogens is 1. The number of aliphatic imine (C=N–C) groups is 1. The first-order chi connectivity index (χ1) is 12.2. The molecule has 0 saturated carbocycles. The summed E-state index contributed by atoms with van der Waals surface area (Å²) in [5.74, 6) is 3.05. The molecule has 0 amide bonds. The van der Waals surface area contributed by atoms with Crippen LogP contribution in [-0.2, 0) is 6.54 Å². The van der Waals surface area contributed by atoms with E-state index in [9.17, 15) is 5.11 Å². The van der Waals surface area contributed by atoms with Crippen molar-refractivity contribution in [3.8, 4) is 11.5 Å². The fourth-order valence-electron chi connectivity index (χ4n) is 2.58. The minimum absolute atomic E-state index is 0. The summed E-state index contributed by atoms with van der Waals surface area (Å²) in [4.78, 5) is 9.02. The third kappa shape index (κ3) is 5.88. The summed E-state index contributed by atoms with van der Waals surface area (Å²) < 4.78 is 5.54. The van der Waals surface area contributed by atoms with Crippen LogP contribution in [0.4, 0.5) is 0 Å². The van der Waals surface area contributed by atoms with Crippen LogP contribution < -0.4 is 10.6 Å². The Morgan fingerprint density at radius 2 is 2.15 bits per heavy atom. The number of aliphatic hydroxyl groups is 1. The van der Waals surface area contributed by atoms with Crippen molar-refractivity contribution in [1.82, 2.24) is 15.6 Å². The van der Waals surface area contributed by atoms with E-state index in [2.05, 4.69) is 20.6 Å². The molecule has 2 heterocycles. The van der Waals surface area contributed by atoms with Crippen LogP contribution in [0.5, 0.6) is 0 Å². The first kappa shape index (κ1) is 21.0. The SMILES string of the molecule is CCNC(=NCc1coc(-c2ccccc2)n1)NCC1(O)CCSC1.I. The molecule has 1 aromatic heterocycles. The molecular formula is C18H25IN4O2S.